The van der Waals surface area contributed by atoms with Crippen molar-refractivity contribution < 1.29 is 14.4 Å². The number of hydrogen-bond acceptors (Lipinski definition) is 6. The third kappa shape index (κ3) is 2.75. The Hall–Kier alpha value is -3.54. The molecule has 9 heteroatoms. The van der Waals surface area contributed by atoms with Crippen LogP contribution >= 0.6 is 0 Å². The second kappa shape index (κ2) is 6.02. The van der Waals surface area contributed by atoms with E-state index in [2.05, 4.69) is 15.3 Å². The van der Waals surface area contributed by atoms with E-state index in [0.717, 1.165) is 4.90 Å². The lowest BCUT2D eigenvalue weighted by molar-refractivity contribution is -0.134. The molecule has 2 heterocycles. The summed E-state index contributed by atoms with van der Waals surface area (Å²) >= 11 is 0. The number of aromatic nitrogens is 2. The smallest absolute Gasteiger partial charge is 0.261 e. The minimum Gasteiger partial charge on any atom is -0.293 e. The van der Waals surface area contributed by atoms with E-state index in [1.807, 2.05) is 6.07 Å². The topological polar surface area (TPSA) is 116 Å². The number of carbonyl (C=O) groups is 3. The van der Waals surface area contributed by atoms with Gasteiger partial charge in [0, 0.05) is 5.56 Å². The van der Waals surface area contributed by atoms with E-state index < -0.39 is 23.8 Å². The predicted octanol–water partition coefficient (Wildman–Crippen LogP) is -0.205. The summed E-state index contributed by atoms with van der Waals surface area (Å²) in [6.45, 7) is -0.438. The zero-order valence-corrected chi connectivity index (χ0v) is 14.1. The van der Waals surface area contributed by atoms with E-state index in [0.29, 0.717) is 29.4 Å². The fourth-order valence-electron chi connectivity index (χ4n) is 3.27. The molecule has 3 amide bonds. The Kier molecular flexibility index (Phi) is 3.77. The van der Waals surface area contributed by atoms with Crippen molar-refractivity contribution in [3.05, 3.63) is 47.3 Å². The fraction of sp³-hybridized carbons (Fsp3) is 0.222. The summed E-state index contributed by atoms with van der Waals surface area (Å²) in [6.07, 6.45) is 3.76. The van der Waals surface area contributed by atoms with Gasteiger partial charge < -0.3 is 0 Å². The molecule has 1 aliphatic heterocycles. The molecule has 8 nitrogen and oxygen atoms in total. The molecule has 1 saturated carbocycles. The number of nitrogens with zero attached hydrogens (tertiary/aromatic N) is 4. The second-order valence-electron chi connectivity index (χ2n) is 6.54. The van der Waals surface area contributed by atoms with Crippen LogP contribution < -0.4 is 10.8 Å². The number of benzene rings is 1. The number of nitriles is 1. The van der Waals surface area contributed by atoms with Crippen molar-refractivity contribution in [2.75, 3.05) is 11.9 Å². The van der Waals surface area contributed by atoms with Crippen LogP contribution in [0.1, 0.15) is 34.3 Å². The van der Waals surface area contributed by atoms with Gasteiger partial charge in [-0.3, -0.25) is 24.6 Å². The summed E-state index contributed by atoms with van der Waals surface area (Å²) in [7, 11) is 5.81. The Morgan fingerprint density at radius 3 is 2.63 bits per heavy atom. The lowest BCUT2D eigenvalue weighted by atomic mass is 9.81. The van der Waals surface area contributed by atoms with Gasteiger partial charge in [-0.05, 0) is 24.5 Å². The molecule has 1 spiro atoms. The first-order valence-corrected chi connectivity index (χ1v) is 8.23. The lowest BCUT2D eigenvalue weighted by Crippen LogP contribution is -2.51. The molecular weight excluding hydrogens is 345 g/mol. The van der Waals surface area contributed by atoms with Crippen LogP contribution in [0.4, 0.5) is 5.95 Å². The van der Waals surface area contributed by atoms with Gasteiger partial charge in [-0.15, -0.1) is 0 Å². The van der Waals surface area contributed by atoms with E-state index in [1.165, 1.54) is 12.4 Å². The van der Waals surface area contributed by atoms with E-state index in [-0.39, 0.29) is 17.4 Å². The summed E-state index contributed by atoms with van der Waals surface area (Å²) in [4.78, 5) is 46.6. The highest BCUT2D eigenvalue weighted by atomic mass is 16.2. The Balaban J connectivity index is 1.56. The molecule has 0 saturated heterocycles. The van der Waals surface area contributed by atoms with E-state index in [4.69, 9.17) is 13.1 Å². The van der Waals surface area contributed by atoms with Gasteiger partial charge in [0.25, 0.3) is 5.91 Å². The van der Waals surface area contributed by atoms with Crippen LogP contribution in [0.15, 0.2) is 30.6 Å². The third-order valence-corrected chi connectivity index (χ3v) is 4.77. The van der Waals surface area contributed by atoms with Gasteiger partial charge in [0.05, 0.1) is 23.4 Å². The Morgan fingerprint density at radius 1 is 1.30 bits per heavy atom. The molecule has 1 aliphatic carbocycles. The summed E-state index contributed by atoms with van der Waals surface area (Å²) in [5.41, 5.74) is 1.02. The standard InChI is InChI=1S/C18H12BN5O3/c19-11-1-2-12-13(5-11)18(3-4-18)16(27)24(15(12)26)9-14(25)23-17-21-7-10(6-20)8-22-17/h1-2,5,7-8H,3-4,9H2,(H,21,22,23,25). The van der Waals surface area contributed by atoms with Crippen molar-refractivity contribution in [2.24, 2.45) is 0 Å². The highest BCUT2D eigenvalue weighted by Crippen LogP contribution is 2.52. The van der Waals surface area contributed by atoms with Crippen LogP contribution in [0.2, 0.25) is 0 Å². The first-order valence-electron chi connectivity index (χ1n) is 8.23. The molecule has 0 unspecified atom stereocenters. The minimum atomic E-state index is -0.760. The number of imide groups is 1. The summed E-state index contributed by atoms with van der Waals surface area (Å²) in [5.74, 6) is -1.52. The largest absolute Gasteiger partial charge is 0.293 e. The quantitative estimate of drug-likeness (QED) is 0.601. The van der Waals surface area contributed by atoms with Gasteiger partial charge in [-0.2, -0.15) is 5.26 Å². The average Bonchev–Trinajstić information content (AvgIpc) is 3.46. The van der Waals surface area contributed by atoms with Crippen LogP contribution in [0, 0.1) is 11.3 Å². The molecule has 130 valence electrons. The molecule has 27 heavy (non-hydrogen) atoms. The number of hydrogen-bond donors (Lipinski definition) is 1. The molecule has 0 bridgehead atoms. The van der Waals surface area contributed by atoms with Crippen LogP contribution in [0.3, 0.4) is 0 Å². The zero-order chi connectivity index (χ0) is 19.2. The summed E-state index contributed by atoms with van der Waals surface area (Å²) in [5, 5.41) is 11.2. The molecule has 1 N–H and O–H groups in total. The number of amides is 3. The van der Waals surface area contributed by atoms with Crippen LogP contribution in [0.25, 0.3) is 0 Å². The molecule has 1 aromatic heterocycles. The predicted molar refractivity (Wildman–Crippen MR) is 94.2 cm³/mol. The van der Waals surface area contributed by atoms with Gasteiger partial charge in [0.1, 0.15) is 20.5 Å². The highest BCUT2D eigenvalue weighted by molar-refractivity contribution is 6.32. The molecule has 2 aliphatic rings. The van der Waals surface area contributed by atoms with Crippen molar-refractivity contribution in [1.29, 1.82) is 5.26 Å². The van der Waals surface area contributed by atoms with Crippen molar-refractivity contribution in [1.82, 2.24) is 14.9 Å². The molecule has 1 aromatic carbocycles. The average molecular weight is 357 g/mol. The number of carbonyl (C=O) groups excluding carboxylic acids is 3. The molecular formula is C18H12BN5O3. The number of fused-ring (bicyclic) bond motifs is 2. The molecule has 0 atom stereocenters. The summed E-state index contributed by atoms with van der Waals surface area (Å²) < 4.78 is 0. The SMILES string of the molecule is [B]c1ccc2c(c1)C1(CC1)C(=O)N(CC(=O)Nc1ncc(C#N)cn1)C2=O. The molecule has 4 rings (SSSR count). The number of rotatable bonds is 3. The lowest BCUT2D eigenvalue weighted by Gasteiger charge is -2.32. The van der Waals surface area contributed by atoms with Crippen molar-refractivity contribution in [3.63, 3.8) is 0 Å². The minimum absolute atomic E-state index is 0.00906. The van der Waals surface area contributed by atoms with Crippen molar-refractivity contribution in [2.45, 2.75) is 18.3 Å². The fourth-order valence-corrected chi connectivity index (χ4v) is 3.27. The molecule has 2 radical (unpaired) electrons. The van der Waals surface area contributed by atoms with E-state index in [9.17, 15) is 14.4 Å². The maximum Gasteiger partial charge on any atom is 0.261 e. The molecule has 1 fully saturated rings. The summed E-state index contributed by atoms with van der Waals surface area (Å²) in [6, 6.07) is 6.73. The first kappa shape index (κ1) is 16.9. The maximum absolute atomic E-state index is 12.9. The number of nitrogens with one attached hydrogen (secondary N) is 1. The van der Waals surface area contributed by atoms with Gasteiger partial charge >= 0.3 is 0 Å². The Morgan fingerprint density at radius 2 is 2.00 bits per heavy atom. The third-order valence-electron chi connectivity index (χ3n) is 4.77. The first-order chi connectivity index (χ1) is 12.9. The Bertz CT molecular complexity index is 1020. The van der Waals surface area contributed by atoms with Gasteiger partial charge in [-0.25, -0.2) is 9.97 Å². The van der Waals surface area contributed by atoms with Crippen LogP contribution in [-0.4, -0.2) is 47.0 Å². The van der Waals surface area contributed by atoms with Gasteiger partial charge in [0.2, 0.25) is 17.8 Å². The van der Waals surface area contributed by atoms with Crippen LogP contribution in [0.5, 0.6) is 0 Å². The van der Waals surface area contributed by atoms with E-state index >= 15 is 0 Å². The number of anilines is 1. The van der Waals surface area contributed by atoms with Gasteiger partial charge in [0.15, 0.2) is 0 Å². The van der Waals surface area contributed by atoms with Crippen molar-refractivity contribution in [3.8, 4) is 6.07 Å². The highest BCUT2D eigenvalue weighted by Gasteiger charge is 2.58. The second-order valence-corrected chi connectivity index (χ2v) is 6.54. The zero-order valence-electron chi connectivity index (χ0n) is 14.1. The van der Waals surface area contributed by atoms with E-state index in [1.54, 1.807) is 18.2 Å². The Labute approximate surface area is 155 Å². The monoisotopic (exact) mass is 357 g/mol. The van der Waals surface area contributed by atoms with Crippen molar-refractivity contribution >= 4 is 37.0 Å². The normalized spacial score (nSPS) is 16.6. The van der Waals surface area contributed by atoms with Gasteiger partial charge in [-0.1, -0.05) is 17.6 Å². The molecule has 2 aromatic rings. The van der Waals surface area contributed by atoms with Crippen LogP contribution in [-0.2, 0) is 15.0 Å². The maximum atomic E-state index is 12.9.